The van der Waals surface area contributed by atoms with Crippen LogP contribution in [0, 0.1) is 6.92 Å². The Bertz CT molecular complexity index is 388. The van der Waals surface area contributed by atoms with E-state index in [1.165, 1.54) is 5.69 Å². The van der Waals surface area contributed by atoms with Gasteiger partial charge in [0.2, 0.25) is 0 Å². The van der Waals surface area contributed by atoms with Gasteiger partial charge >= 0.3 is 0 Å². The van der Waals surface area contributed by atoms with Gasteiger partial charge in [-0.2, -0.15) is 0 Å². The predicted octanol–water partition coefficient (Wildman–Crippen LogP) is 3.63. The first kappa shape index (κ1) is 12.2. The van der Waals surface area contributed by atoms with Gasteiger partial charge in [-0.1, -0.05) is 39.0 Å². The first-order chi connectivity index (χ1) is 7.18. The second-order valence-electron chi connectivity index (χ2n) is 3.38. The number of allylic oxidation sites excluding steroid dienone is 3. The van der Waals surface area contributed by atoms with Crippen molar-refractivity contribution < 1.29 is 0 Å². The topological polar surface area (TPSA) is 28.7 Å². The van der Waals surface area contributed by atoms with Gasteiger partial charge in [0.1, 0.15) is 5.82 Å². The van der Waals surface area contributed by atoms with Crippen LogP contribution in [0.2, 0.25) is 0 Å². The molecule has 0 saturated carbocycles. The normalized spacial score (nSPS) is 18.5. The van der Waals surface area contributed by atoms with Crippen molar-refractivity contribution in [3.8, 4) is 0 Å². The minimum atomic E-state index is 0.422. The van der Waals surface area contributed by atoms with Crippen molar-refractivity contribution in [1.29, 1.82) is 0 Å². The molecule has 2 atom stereocenters. The molecule has 3 heteroatoms. The highest BCUT2D eigenvalue weighted by molar-refractivity contribution is 7.31. The first-order valence-corrected chi connectivity index (χ1v) is 5.97. The van der Waals surface area contributed by atoms with Crippen LogP contribution in [0.1, 0.15) is 43.9 Å². The fourth-order valence-electron chi connectivity index (χ4n) is 1.56. The number of aromatic amines is 1. The molecule has 0 bridgehead atoms. The first-order valence-electron chi connectivity index (χ1n) is 5.39. The van der Waals surface area contributed by atoms with E-state index in [0.717, 1.165) is 16.8 Å². The van der Waals surface area contributed by atoms with Crippen LogP contribution < -0.4 is 0 Å². The summed E-state index contributed by atoms with van der Waals surface area (Å²) in [6.07, 6.45) is 6.33. The van der Waals surface area contributed by atoms with Crippen LogP contribution in [0.15, 0.2) is 18.2 Å². The minimum absolute atomic E-state index is 0.422. The molecule has 0 aromatic carbocycles. The maximum Gasteiger partial charge on any atom is 0.103 e. The van der Waals surface area contributed by atoms with Gasteiger partial charge in [0.25, 0.3) is 0 Å². The summed E-state index contributed by atoms with van der Waals surface area (Å²) in [6.45, 7) is 8.16. The molecular weight excluding hydrogens is 203 g/mol. The van der Waals surface area contributed by atoms with Gasteiger partial charge in [0.05, 0.1) is 5.69 Å². The van der Waals surface area contributed by atoms with Crippen LogP contribution in [-0.4, -0.2) is 9.97 Å². The van der Waals surface area contributed by atoms with E-state index in [9.17, 15) is 0 Å². The minimum Gasteiger partial charge on any atom is -0.345 e. The largest absolute Gasteiger partial charge is 0.345 e. The second kappa shape index (κ2) is 5.27. The van der Waals surface area contributed by atoms with Gasteiger partial charge in [0, 0.05) is 11.6 Å². The van der Waals surface area contributed by atoms with Crippen molar-refractivity contribution in [3.63, 3.8) is 0 Å². The molecule has 0 aliphatic heterocycles. The average molecular weight is 222 g/mol. The molecule has 1 aromatic rings. The van der Waals surface area contributed by atoms with Crippen LogP contribution in [0.4, 0.5) is 0 Å². The number of nitrogens with zero attached hydrogens (tertiary/aromatic N) is 1. The standard InChI is InChI=1S/C10H13N2P.C2H6/c1-6-4-3-5-8(13)10-9(6)11-7(2)12-10;1-2/h3-6H,13H2,1-2H3,(H,11,12);1-2H3. The fourth-order valence-corrected chi connectivity index (χ4v) is 1.89. The number of hydrogen-bond acceptors (Lipinski definition) is 1. The van der Waals surface area contributed by atoms with Crippen LogP contribution in [0.5, 0.6) is 0 Å². The summed E-state index contributed by atoms with van der Waals surface area (Å²) >= 11 is 0. The second-order valence-corrected chi connectivity index (χ2v) is 4.00. The molecule has 82 valence electrons. The highest BCUT2D eigenvalue weighted by atomic mass is 31.0. The third-order valence-corrected chi connectivity index (χ3v) is 2.72. The Morgan fingerprint density at radius 2 is 2.07 bits per heavy atom. The molecule has 1 aliphatic carbocycles. The maximum absolute atomic E-state index is 4.46. The number of fused-ring (bicyclic) bond motifs is 1. The molecule has 1 aliphatic rings. The zero-order chi connectivity index (χ0) is 11.4. The predicted molar refractivity (Wildman–Crippen MR) is 69.9 cm³/mol. The number of aromatic nitrogens is 2. The molecule has 2 unspecified atom stereocenters. The van der Waals surface area contributed by atoms with Gasteiger partial charge in [-0.25, -0.2) is 4.98 Å². The third kappa shape index (κ3) is 2.57. The van der Waals surface area contributed by atoms with E-state index in [-0.39, 0.29) is 0 Å². The molecule has 0 fully saturated rings. The van der Waals surface area contributed by atoms with Crippen molar-refractivity contribution in [2.75, 3.05) is 0 Å². The van der Waals surface area contributed by atoms with Crippen LogP contribution in [-0.2, 0) is 0 Å². The number of hydrogen-bond donors (Lipinski definition) is 1. The molecule has 15 heavy (non-hydrogen) atoms. The van der Waals surface area contributed by atoms with E-state index in [4.69, 9.17) is 0 Å². The van der Waals surface area contributed by atoms with E-state index in [1.807, 2.05) is 20.8 Å². The highest BCUT2D eigenvalue weighted by Crippen LogP contribution is 2.30. The Labute approximate surface area is 94.1 Å². The van der Waals surface area contributed by atoms with Crippen LogP contribution in [0.25, 0.3) is 5.31 Å². The lowest BCUT2D eigenvalue weighted by Crippen LogP contribution is -1.92. The highest BCUT2D eigenvalue weighted by Gasteiger charge is 2.15. The molecule has 0 radical (unpaired) electrons. The lowest BCUT2D eigenvalue weighted by Gasteiger charge is -2.03. The van der Waals surface area contributed by atoms with Crippen molar-refractivity contribution in [1.82, 2.24) is 9.97 Å². The molecule has 1 heterocycles. The summed E-state index contributed by atoms with van der Waals surface area (Å²) in [6, 6.07) is 0. The SMILES string of the molecule is CC.Cc1nc2c([nH]1)C(C)C=CC=C2P. The maximum atomic E-state index is 4.46. The molecule has 2 nitrogen and oxygen atoms in total. The molecule has 0 spiro atoms. The molecule has 0 saturated heterocycles. The lowest BCUT2D eigenvalue weighted by molar-refractivity contribution is 0.913. The molecular formula is C12H19N2P. The Morgan fingerprint density at radius 1 is 1.40 bits per heavy atom. The van der Waals surface area contributed by atoms with Crippen molar-refractivity contribution in [3.05, 3.63) is 35.4 Å². The number of rotatable bonds is 0. The fraction of sp³-hybridized carbons (Fsp3) is 0.417. The van der Waals surface area contributed by atoms with E-state index in [0.29, 0.717) is 5.92 Å². The van der Waals surface area contributed by atoms with E-state index in [2.05, 4.69) is 44.4 Å². The number of aryl methyl sites for hydroxylation is 1. The smallest absolute Gasteiger partial charge is 0.103 e. The summed E-state index contributed by atoms with van der Waals surface area (Å²) in [4.78, 5) is 7.76. The third-order valence-electron chi connectivity index (χ3n) is 2.25. The van der Waals surface area contributed by atoms with Crippen molar-refractivity contribution >= 4 is 14.6 Å². The Kier molecular flexibility index (Phi) is 4.28. The van der Waals surface area contributed by atoms with E-state index >= 15 is 0 Å². The quantitative estimate of drug-likeness (QED) is 0.667. The summed E-state index contributed by atoms with van der Waals surface area (Å²) in [5.41, 5.74) is 2.30. The Balaban J connectivity index is 0.000000531. The van der Waals surface area contributed by atoms with Gasteiger partial charge < -0.3 is 4.98 Å². The Morgan fingerprint density at radius 3 is 2.73 bits per heavy atom. The number of imidazole rings is 1. The molecule has 1 N–H and O–H groups in total. The average Bonchev–Trinajstić information content (AvgIpc) is 2.58. The zero-order valence-corrected chi connectivity index (χ0v) is 11.0. The van der Waals surface area contributed by atoms with E-state index in [1.54, 1.807) is 0 Å². The number of nitrogens with one attached hydrogen (secondary N) is 1. The van der Waals surface area contributed by atoms with Crippen LogP contribution in [0.3, 0.4) is 0 Å². The molecule has 2 rings (SSSR count). The van der Waals surface area contributed by atoms with E-state index < -0.39 is 0 Å². The van der Waals surface area contributed by atoms with Gasteiger partial charge in [-0.15, -0.1) is 9.24 Å². The van der Waals surface area contributed by atoms with Crippen molar-refractivity contribution in [2.45, 2.75) is 33.6 Å². The zero-order valence-electron chi connectivity index (χ0n) is 9.83. The van der Waals surface area contributed by atoms with Crippen LogP contribution >= 0.6 is 9.24 Å². The molecule has 1 aromatic heterocycles. The summed E-state index contributed by atoms with van der Waals surface area (Å²) < 4.78 is 0. The summed E-state index contributed by atoms with van der Waals surface area (Å²) in [5, 5.41) is 1.15. The summed E-state index contributed by atoms with van der Waals surface area (Å²) in [5.74, 6) is 1.41. The van der Waals surface area contributed by atoms with Gasteiger partial charge in [0.15, 0.2) is 0 Å². The van der Waals surface area contributed by atoms with Gasteiger partial charge in [-0.05, 0) is 12.2 Å². The lowest BCUT2D eigenvalue weighted by atomic mass is 10.1. The summed E-state index contributed by atoms with van der Waals surface area (Å²) in [7, 11) is 2.72. The molecule has 0 amide bonds. The monoisotopic (exact) mass is 222 g/mol. The van der Waals surface area contributed by atoms with Crippen molar-refractivity contribution in [2.24, 2.45) is 0 Å². The number of H-pyrrole nitrogens is 1. The Hall–Kier alpha value is -0.880. The van der Waals surface area contributed by atoms with Gasteiger partial charge in [-0.3, -0.25) is 0 Å².